The molecule has 1 N–H and O–H groups in total. The zero-order valence-corrected chi connectivity index (χ0v) is 21.5. The fourth-order valence-electron chi connectivity index (χ4n) is 3.79. The number of nitrogens with one attached hydrogen (secondary N) is 1. The fraction of sp³-hybridized carbons (Fsp3) is 0.480. The van der Waals surface area contributed by atoms with Gasteiger partial charge in [-0.05, 0) is 57.0 Å². The van der Waals surface area contributed by atoms with Gasteiger partial charge in [0, 0.05) is 19.0 Å². The van der Waals surface area contributed by atoms with Crippen LogP contribution < -0.4 is 28.6 Å². The third-order valence-electron chi connectivity index (χ3n) is 5.42. The van der Waals surface area contributed by atoms with Crippen LogP contribution in [0.1, 0.15) is 45.2 Å². The Bertz CT molecular complexity index is 1120. The van der Waals surface area contributed by atoms with Crippen LogP contribution >= 0.6 is 0 Å². The lowest BCUT2D eigenvalue weighted by Crippen LogP contribution is -2.32. The topological polar surface area (TPSA) is 103 Å². The first-order valence-corrected chi connectivity index (χ1v) is 13.6. The summed E-state index contributed by atoms with van der Waals surface area (Å²) in [6.07, 6.45) is 1.68. The highest BCUT2D eigenvalue weighted by Crippen LogP contribution is 2.35. The molecule has 0 radical (unpaired) electrons. The van der Waals surface area contributed by atoms with E-state index in [0.717, 1.165) is 11.8 Å². The summed E-state index contributed by atoms with van der Waals surface area (Å²) in [6.45, 7) is 7.77. The first kappa shape index (κ1) is 26.5. The van der Waals surface area contributed by atoms with Crippen molar-refractivity contribution in [2.24, 2.45) is 0 Å². The zero-order chi connectivity index (χ0) is 25.4. The van der Waals surface area contributed by atoms with Crippen LogP contribution in [0.2, 0.25) is 0 Å². The molecule has 1 amide bonds. The Morgan fingerprint density at radius 3 is 2.40 bits per heavy atom. The summed E-state index contributed by atoms with van der Waals surface area (Å²) >= 11 is 0. The van der Waals surface area contributed by atoms with Gasteiger partial charge in [-0.3, -0.25) is 9.10 Å². The van der Waals surface area contributed by atoms with Crippen LogP contribution in [0.5, 0.6) is 23.0 Å². The minimum atomic E-state index is -3.55. The monoisotopic (exact) mass is 506 g/mol. The minimum absolute atomic E-state index is 0.165. The van der Waals surface area contributed by atoms with Gasteiger partial charge in [0.25, 0.3) is 0 Å². The van der Waals surface area contributed by atoms with Crippen LogP contribution in [-0.2, 0) is 14.8 Å². The third kappa shape index (κ3) is 7.17. The Morgan fingerprint density at radius 1 is 1.03 bits per heavy atom. The molecule has 0 fully saturated rings. The van der Waals surface area contributed by atoms with Crippen molar-refractivity contribution in [3.8, 4) is 23.0 Å². The standard InChI is InChI=1S/C25H34N2O7S/c1-5-31-21-11-9-19(16-23(21)32-6-2)18(3)26-25(28)8-7-13-27(35(4,29)30)20-10-12-22-24(17-20)34-15-14-33-22/h9-12,16-18H,5-8,13-15H2,1-4H3,(H,26,28)/t18-/m0/s1. The number of amides is 1. The Labute approximate surface area is 207 Å². The maximum Gasteiger partial charge on any atom is 0.232 e. The Hall–Kier alpha value is -3.14. The molecule has 0 bridgehead atoms. The number of fused-ring (bicyclic) bond motifs is 1. The molecule has 0 saturated carbocycles. The molecular weight excluding hydrogens is 472 g/mol. The summed E-state index contributed by atoms with van der Waals surface area (Å²) < 4.78 is 48.5. The van der Waals surface area contributed by atoms with Crippen LogP contribution in [0.25, 0.3) is 0 Å². The highest BCUT2D eigenvalue weighted by atomic mass is 32.2. The molecule has 2 aromatic rings. The summed E-state index contributed by atoms with van der Waals surface area (Å²) in [5.74, 6) is 2.23. The second kappa shape index (κ2) is 12.0. The molecule has 10 heteroatoms. The molecule has 1 atom stereocenters. The van der Waals surface area contributed by atoms with Crippen LogP contribution in [0.15, 0.2) is 36.4 Å². The molecule has 1 aliphatic heterocycles. The third-order valence-corrected chi connectivity index (χ3v) is 6.62. The molecule has 1 aliphatic rings. The molecule has 0 saturated heterocycles. The maximum atomic E-state index is 12.6. The molecule has 0 spiro atoms. The van der Waals surface area contributed by atoms with Gasteiger partial charge in [0.05, 0.1) is 31.2 Å². The van der Waals surface area contributed by atoms with Gasteiger partial charge in [-0.15, -0.1) is 0 Å². The number of carbonyl (C=O) groups excluding carboxylic acids is 1. The molecule has 0 aromatic heterocycles. The Morgan fingerprint density at radius 2 is 1.71 bits per heavy atom. The van der Waals surface area contributed by atoms with Crippen LogP contribution in [0.3, 0.4) is 0 Å². The second-order valence-corrected chi connectivity index (χ2v) is 10.0. The van der Waals surface area contributed by atoms with Gasteiger partial charge < -0.3 is 24.3 Å². The molecule has 0 aliphatic carbocycles. The lowest BCUT2D eigenvalue weighted by Gasteiger charge is -2.25. The van der Waals surface area contributed by atoms with Gasteiger partial charge in [-0.1, -0.05) is 6.07 Å². The SMILES string of the molecule is CCOc1ccc([C@H](C)NC(=O)CCCN(c2ccc3c(c2)OCCO3)S(C)(=O)=O)cc1OCC. The molecule has 9 nitrogen and oxygen atoms in total. The van der Waals surface area contributed by atoms with Crippen molar-refractivity contribution < 1.29 is 32.2 Å². The molecule has 3 rings (SSSR count). The molecule has 1 heterocycles. The molecular formula is C25H34N2O7S. The van der Waals surface area contributed by atoms with Crippen LogP contribution in [0.4, 0.5) is 5.69 Å². The van der Waals surface area contributed by atoms with Gasteiger partial charge in [0.1, 0.15) is 13.2 Å². The summed E-state index contributed by atoms with van der Waals surface area (Å²) in [4.78, 5) is 12.6. The van der Waals surface area contributed by atoms with E-state index in [2.05, 4.69) is 5.32 Å². The van der Waals surface area contributed by atoms with E-state index >= 15 is 0 Å². The fourth-order valence-corrected chi connectivity index (χ4v) is 4.75. The van der Waals surface area contributed by atoms with Crippen molar-refractivity contribution in [1.82, 2.24) is 5.32 Å². The predicted molar refractivity (Wildman–Crippen MR) is 134 cm³/mol. The van der Waals surface area contributed by atoms with Gasteiger partial charge >= 0.3 is 0 Å². The number of hydrogen-bond donors (Lipinski definition) is 1. The van der Waals surface area contributed by atoms with E-state index in [-0.39, 0.29) is 24.9 Å². The van der Waals surface area contributed by atoms with Crippen LogP contribution in [-0.4, -0.2) is 53.6 Å². The van der Waals surface area contributed by atoms with Gasteiger partial charge in [-0.25, -0.2) is 8.42 Å². The maximum absolute atomic E-state index is 12.6. The van der Waals surface area contributed by atoms with Crippen molar-refractivity contribution in [3.05, 3.63) is 42.0 Å². The summed E-state index contributed by atoms with van der Waals surface area (Å²) in [5.41, 5.74) is 1.36. The average Bonchev–Trinajstić information content (AvgIpc) is 2.82. The van der Waals surface area contributed by atoms with E-state index < -0.39 is 10.0 Å². The molecule has 2 aromatic carbocycles. The highest BCUT2D eigenvalue weighted by Gasteiger charge is 2.21. The lowest BCUT2D eigenvalue weighted by molar-refractivity contribution is -0.121. The van der Waals surface area contributed by atoms with E-state index in [9.17, 15) is 13.2 Å². The number of sulfonamides is 1. The van der Waals surface area contributed by atoms with E-state index in [1.807, 2.05) is 39.0 Å². The van der Waals surface area contributed by atoms with E-state index in [0.29, 0.717) is 61.5 Å². The number of anilines is 1. The zero-order valence-electron chi connectivity index (χ0n) is 20.7. The molecule has 35 heavy (non-hydrogen) atoms. The van der Waals surface area contributed by atoms with Gasteiger partial charge in [-0.2, -0.15) is 0 Å². The van der Waals surface area contributed by atoms with E-state index in [1.165, 1.54) is 4.31 Å². The largest absolute Gasteiger partial charge is 0.490 e. The molecule has 192 valence electrons. The number of benzene rings is 2. The Kier molecular flexibility index (Phi) is 9.08. The van der Waals surface area contributed by atoms with Crippen molar-refractivity contribution in [2.45, 2.75) is 39.7 Å². The van der Waals surface area contributed by atoms with Gasteiger partial charge in [0.2, 0.25) is 15.9 Å². The Balaban J connectivity index is 1.59. The first-order chi connectivity index (χ1) is 16.7. The summed E-state index contributed by atoms with van der Waals surface area (Å²) in [5, 5.41) is 2.97. The number of ether oxygens (including phenoxy) is 4. The molecule has 0 unspecified atom stereocenters. The van der Waals surface area contributed by atoms with Crippen molar-refractivity contribution in [2.75, 3.05) is 43.5 Å². The number of hydrogen-bond acceptors (Lipinski definition) is 7. The smallest absolute Gasteiger partial charge is 0.232 e. The van der Waals surface area contributed by atoms with Crippen molar-refractivity contribution in [3.63, 3.8) is 0 Å². The predicted octanol–water partition coefficient (Wildman–Crippen LogP) is 3.68. The number of carbonyl (C=O) groups is 1. The van der Waals surface area contributed by atoms with Crippen molar-refractivity contribution in [1.29, 1.82) is 0 Å². The van der Waals surface area contributed by atoms with Gasteiger partial charge in [0.15, 0.2) is 23.0 Å². The highest BCUT2D eigenvalue weighted by molar-refractivity contribution is 7.92. The summed E-state index contributed by atoms with van der Waals surface area (Å²) in [6, 6.07) is 10.4. The first-order valence-electron chi connectivity index (χ1n) is 11.8. The minimum Gasteiger partial charge on any atom is -0.490 e. The quantitative estimate of drug-likeness (QED) is 0.468. The van der Waals surface area contributed by atoms with E-state index in [4.69, 9.17) is 18.9 Å². The lowest BCUT2D eigenvalue weighted by atomic mass is 10.1. The second-order valence-electron chi connectivity index (χ2n) is 8.13. The number of rotatable bonds is 12. The normalized spacial score (nSPS) is 13.6. The summed E-state index contributed by atoms with van der Waals surface area (Å²) in [7, 11) is -3.55. The average molecular weight is 507 g/mol. The van der Waals surface area contributed by atoms with E-state index in [1.54, 1.807) is 18.2 Å². The van der Waals surface area contributed by atoms with Crippen LogP contribution in [0, 0.1) is 0 Å². The van der Waals surface area contributed by atoms with Crippen molar-refractivity contribution >= 4 is 21.6 Å². The number of nitrogens with zero attached hydrogens (tertiary/aromatic N) is 1.